The predicted octanol–water partition coefficient (Wildman–Crippen LogP) is 7.58. The number of phenolic OH excluding ortho intramolecular Hbond substituents is 1. The van der Waals surface area contributed by atoms with Crippen LogP contribution < -0.4 is 26.8 Å². The Morgan fingerprint density at radius 1 is 1.02 bits per heavy atom. The summed E-state index contributed by atoms with van der Waals surface area (Å²) in [5, 5.41) is 49.1. The molecule has 0 amide bonds. The van der Waals surface area contributed by atoms with Crippen LogP contribution in [0.25, 0.3) is 0 Å². The molecule has 0 saturated heterocycles. The molecule has 12 heteroatoms. The highest BCUT2D eigenvalue weighted by Gasteiger charge is 2.47. The molecule has 362 valence electrons. The lowest BCUT2D eigenvalue weighted by atomic mass is 9.72. The Bertz CT molecular complexity index is 1760. The standard InChI is InChI=1S/C53H84N6O6/c1-34(29-57-53(55)58-42-11-4-3-5-12-42)15-18-37-19-21-41(54)26-39(37)9-6-7-14-51-40(32-60)27-43(65-51)22-16-36-17-24-49(62)52(25-36)64-33-50(63)48-28-45-46(31-56-30-35(2)61)44-13-8-10-38(44)20-23-47(45)59-48/h17,24-25,27-28,34-35,37-39,41-42,44,46,50-51,56,60-63H,3-16,18-23,26,29-33,54H2,1-2H3,(H3,55,57,58)/t34-,35-,37+,38+,39+,41+,44-,46-,50-,51?/m0/s1. The topological polar surface area (TPSA) is 200 Å². The van der Waals surface area contributed by atoms with E-state index in [1.165, 1.54) is 82.6 Å². The second-order valence-corrected chi connectivity index (χ2v) is 20.9. The monoisotopic (exact) mass is 901 g/mol. The van der Waals surface area contributed by atoms with Crippen LogP contribution in [0.1, 0.15) is 148 Å². The lowest BCUT2D eigenvalue weighted by Crippen LogP contribution is -2.41. The van der Waals surface area contributed by atoms with Crippen molar-refractivity contribution in [1.82, 2.24) is 10.6 Å². The van der Waals surface area contributed by atoms with Crippen molar-refractivity contribution in [2.24, 2.45) is 57.0 Å². The van der Waals surface area contributed by atoms with E-state index in [-0.39, 0.29) is 25.1 Å². The Morgan fingerprint density at radius 2 is 1.85 bits per heavy atom. The highest BCUT2D eigenvalue weighted by atomic mass is 16.5. The minimum atomic E-state index is -0.934. The van der Waals surface area contributed by atoms with Gasteiger partial charge in [0.15, 0.2) is 35.3 Å². The van der Waals surface area contributed by atoms with E-state index in [2.05, 4.69) is 23.6 Å². The first-order valence-electron chi connectivity index (χ1n) is 25.9. The van der Waals surface area contributed by atoms with E-state index < -0.39 is 12.2 Å². The van der Waals surface area contributed by atoms with E-state index in [1.807, 2.05) is 18.2 Å². The molecular formula is C53H84N6O6. The van der Waals surface area contributed by atoms with E-state index in [4.69, 9.17) is 30.9 Å². The summed E-state index contributed by atoms with van der Waals surface area (Å²) in [4.78, 5) is 9.65. The zero-order valence-electron chi connectivity index (χ0n) is 39.8. The summed E-state index contributed by atoms with van der Waals surface area (Å²) in [7, 11) is 0. The van der Waals surface area contributed by atoms with Crippen molar-refractivity contribution in [3.05, 3.63) is 59.2 Å². The fraction of sp³-hybridized carbons (Fsp3) is 0.736. The zero-order valence-corrected chi connectivity index (χ0v) is 39.8. The fourth-order valence-corrected chi connectivity index (χ4v) is 12.0. The Labute approximate surface area is 390 Å². The van der Waals surface area contributed by atoms with Crippen molar-refractivity contribution in [2.75, 3.05) is 32.8 Å². The number of fused-ring (bicyclic) bond motifs is 2. The lowest BCUT2D eigenvalue weighted by molar-refractivity contribution is 0.101. The molecule has 4 saturated carbocycles. The second kappa shape index (κ2) is 24.7. The Morgan fingerprint density at radius 3 is 2.66 bits per heavy atom. The molecule has 1 unspecified atom stereocenters. The third-order valence-corrected chi connectivity index (χ3v) is 15.8. The molecule has 12 nitrogen and oxygen atoms in total. The highest BCUT2D eigenvalue weighted by Crippen LogP contribution is 2.47. The molecule has 0 radical (unpaired) electrons. The number of ether oxygens (including phenoxy) is 2. The van der Waals surface area contributed by atoms with Crippen LogP contribution in [-0.2, 0) is 11.2 Å². The van der Waals surface area contributed by atoms with E-state index in [0.29, 0.717) is 84.7 Å². The van der Waals surface area contributed by atoms with Gasteiger partial charge in [-0.2, -0.15) is 11.6 Å². The minimum Gasteiger partial charge on any atom is -0.504 e. The first kappa shape index (κ1) is 49.6. The number of nitrogens with two attached hydrogens (primary N) is 2. The number of benzene rings is 1. The molecule has 10 atom stereocenters. The van der Waals surface area contributed by atoms with Crippen molar-refractivity contribution in [3.63, 3.8) is 0 Å². The molecule has 6 aliphatic rings. The van der Waals surface area contributed by atoms with Crippen LogP contribution in [-0.4, -0.2) is 95.3 Å². The number of nitrogens with one attached hydrogen (secondary N) is 2. The number of aryl methyl sites for hydroxylation is 1. The summed E-state index contributed by atoms with van der Waals surface area (Å²) in [5.41, 5.74) is 17.0. The van der Waals surface area contributed by atoms with Gasteiger partial charge in [-0.1, -0.05) is 76.9 Å². The first-order valence-corrected chi connectivity index (χ1v) is 25.9. The summed E-state index contributed by atoms with van der Waals surface area (Å²) in [6.07, 6.45) is 27.0. The number of nitrogens with zero attached hydrogens (tertiary/aromatic N) is 2. The average molecular weight is 901 g/mol. The summed E-state index contributed by atoms with van der Waals surface area (Å²) >= 11 is 0. The van der Waals surface area contributed by atoms with Gasteiger partial charge in [-0.05, 0) is 125 Å². The molecule has 2 heterocycles. The van der Waals surface area contributed by atoms with Gasteiger partial charge in [0, 0.05) is 50.8 Å². The van der Waals surface area contributed by atoms with Crippen LogP contribution in [0.15, 0.2) is 51.5 Å². The van der Waals surface area contributed by atoms with Crippen LogP contribution in [0.2, 0.25) is 0 Å². The minimum absolute atomic E-state index is 0.0133. The number of hydrogen-bond donors (Lipinski definition) is 8. The average Bonchev–Trinajstić information content (AvgIpc) is 4.04. The van der Waals surface area contributed by atoms with Gasteiger partial charge >= 0.3 is 0 Å². The number of aliphatic hydroxyl groups excluding tert-OH is 3. The maximum absolute atomic E-state index is 11.3. The van der Waals surface area contributed by atoms with Crippen LogP contribution >= 0.6 is 0 Å². The molecule has 65 heavy (non-hydrogen) atoms. The van der Waals surface area contributed by atoms with Crippen LogP contribution in [0, 0.1) is 47.7 Å². The molecule has 0 spiro atoms. The van der Waals surface area contributed by atoms with Crippen molar-refractivity contribution >= 4 is 11.7 Å². The van der Waals surface area contributed by atoms with Crippen molar-refractivity contribution in [1.29, 1.82) is 0 Å². The molecule has 4 fully saturated rings. The summed E-state index contributed by atoms with van der Waals surface area (Å²) in [5.74, 6) is 4.44. The van der Waals surface area contributed by atoms with Gasteiger partial charge in [0.1, 0.15) is 12.2 Å². The van der Waals surface area contributed by atoms with E-state index in [0.717, 1.165) is 81.0 Å². The Balaban J connectivity index is 0.827. The zero-order chi connectivity index (χ0) is 45.7. The molecule has 10 N–H and O–H groups in total. The fourth-order valence-electron chi connectivity index (χ4n) is 12.0. The normalized spacial score (nSPS) is 28.8. The molecule has 1 aromatic carbocycles. The molecule has 2 aliphatic heterocycles. The van der Waals surface area contributed by atoms with E-state index >= 15 is 0 Å². The van der Waals surface area contributed by atoms with Crippen LogP contribution in [0.3, 0.4) is 0 Å². The number of rotatable bonds is 23. The quantitative estimate of drug-likeness (QED) is 0.0234. The van der Waals surface area contributed by atoms with Crippen molar-refractivity contribution < 1.29 is 29.9 Å². The summed E-state index contributed by atoms with van der Waals surface area (Å²) in [6.45, 7) is 6.21. The number of aliphatic hydroxyl groups is 3. The van der Waals surface area contributed by atoms with Gasteiger partial charge < -0.3 is 52.0 Å². The molecule has 4 aliphatic carbocycles. The van der Waals surface area contributed by atoms with Crippen molar-refractivity contribution in [3.8, 4) is 11.5 Å². The molecule has 7 rings (SSSR count). The van der Waals surface area contributed by atoms with Gasteiger partial charge in [-0.3, -0.25) is 4.99 Å². The van der Waals surface area contributed by atoms with Gasteiger partial charge in [0.2, 0.25) is 0 Å². The third kappa shape index (κ3) is 14.4. The lowest BCUT2D eigenvalue weighted by Gasteiger charge is -2.35. The van der Waals surface area contributed by atoms with Gasteiger partial charge in [-0.25, -0.2) is 0 Å². The molecular weight excluding hydrogens is 817 g/mol. The first-order chi connectivity index (χ1) is 31.5. The molecule has 1 aromatic rings. The maximum atomic E-state index is 11.3. The largest absolute Gasteiger partial charge is 0.504 e. The maximum Gasteiger partial charge on any atom is 0.189 e. The number of phenols is 1. The third-order valence-electron chi connectivity index (χ3n) is 15.8. The van der Waals surface area contributed by atoms with Crippen molar-refractivity contribution in [2.45, 2.75) is 179 Å². The van der Waals surface area contributed by atoms with Gasteiger partial charge in [0.05, 0.1) is 18.1 Å². The van der Waals surface area contributed by atoms with E-state index in [9.17, 15) is 20.4 Å². The van der Waals surface area contributed by atoms with E-state index in [1.54, 1.807) is 13.0 Å². The predicted molar refractivity (Wildman–Crippen MR) is 260 cm³/mol. The summed E-state index contributed by atoms with van der Waals surface area (Å²) < 4.78 is 12.5. The number of aromatic hydroxyl groups is 1. The SMILES string of the molecule is C[C@@H](CC[C@@H]1CC[C@@H](N)C[C@H]1CCCCC1O[C-](CCc2ccc(O)c(OC[C@H](O)[C+]3C=C4C(=N3)CC[C@H]3CCC[C@@H]3[C@@H]4CNC[C@H](C)O)c2)C=C1CO)CN=C(N)NC1CCCCC1. The number of guanidine groups is 1. The molecule has 0 bridgehead atoms. The molecule has 0 aromatic heterocycles. The summed E-state index contributed by atoms with van der Waals surface area (Å²) in [6, 6.07) is 6.78. The second-order valence-electron chi connectivity index (χ2n) is 20.9. The van der Waals surface area contributed by atoms with Crippen LogP contribution in [0.4, 0.5) is 0 Å². The number of hydrogen-bond acceptors (Lipinski definition) is 10. The Hall–Kier alpha value is -3.26. The van der Waals surface area contributed by atoms with Gasteiger partial charge in [-0.15, -0.1) is 4.99 Å². The number of aliphatic imine (C=N–C) groups is 2. The van der Waals surface area contributed by atoms with Crippen LogP contribution in [0.5, 0.6) is 11.5 Å². The Kier molecular flexibility index (Phi) is 18.8. The van der Waals surface area contributed by atoms with Gasteiger partial charge in [0.25, 0.3) is 0 Å². The highest BCUT2D eigenvalue weighted by molar-refractivity contribution is 6.04. The smallest absolute Gasteiger partial charge is 0.189 e. The number of unbranched alkanes of at least 4 members (excludes halogenated alkanes) is 1.